The molecule has 2 N–H and O–H groups in total. The van der Waals surface area contributed by atoms with Crippen molar-refractivity contribution in [1.29, 1.82) is 0 Å². The molecule has 8 nitrogen and oxygen atoms in total. The van der Waals surface area contributed by atoms with Crippen LogP contribution in [0, 0.1) is 10.7 Å². The van der Waals surface area contributed by atoms with Gasteiger partial charge in [0.05, 0.1) is 4.90 Å². The van der Waals surface area contributed by atoms with Gasteiger partial charge in [-0.15, -0.1) is 0 Å². The maximum atomic E-state index is 13.0. The molecule has 2 heterocycles. The fourth-order valence-electron chi connectivity index (χ4n) is 4.26. The quantitative estimate of drug-likeness (QED) is 0.654. The maximum Gasteiger partial charge on any atom is 0.243 e. The Bertz CT molecular complexity index is 1100. The van der Waals surface area contributed by atoms with Crippen molar-refractivity contribution in [2.75, 3.05) is 19.6 Å². The van der Waals surface area contributed by atoms with E-state index < -0.39 is 10.0 Å². The summed E-state index contributed by atoms with van der Waals surface area (Å²) in [7, 11) is -1.68. The highest BCUT2D eigenvalue weighted by molar-refractivity contribution is 7.89. The highest BCUT2D eigenvalue weighted by Gasteiger charge is 2.32. The number of H-pyrrole nitrogens is 1. The van der Waals surface area contributed by atoms with Gasteiger partial charge < -0.3 is 9.88 Å². The number of aromatic nitrogens is 3. The first kappa shape index (κ1) is 21.2. The van der Waals surface area contributed by atoms with Gasteiger partial charge in [-0.05, 0) is 67.6 Å². The van der Waals surface area contributed by atoms with Crippen LogP contribution >= 0.6 is 12.2 Å². The lowest BCUT2D eigenvalue weighted by molar-refractivity contribution is -0.126. The molecular weight excluding hydrogens is 422 g/mol. The second-order valence-electron chi connectivity index (χ2n) is 8.01. The number of amides is 1. The molecule has 1 amide bonds. The number of piperidine rings is 1. The Morgan fingerprint density at radius 2 is 2.00 bits per heavy atom. The number of aromatic amines is 1. The van der Waals surface area contributed by atoms with Crippen LogP contribution in [0.5, 0.6) is 0 Å². The van der Waals surface area contributed by atoms with E-state index in [4.69, 9.17) is 12.2 Å². The van der Waals surface area contributed by atoms with Crippen LogP contribution in [0.3, 0.4) is 0 Å². The summed E-state index contributed by atoms with van der Waals surface area (Å²) in [4.78, 5) is 12.9. The minimum Gasteiger partial charge on any atom is -0.355 e. The summed E-state index contributed by atoms with van der Waals surface area (Å²) in [5.41, 5.74) is 2.41. The zero-order valence-electron chi connectivity index (χ0n) is 17.1. The van der Waals surface area contributed by atoms with Crippen molar-refractivity contribution < 1.29 is 13.2 Å². The fourth-order valence-corrected chi connectivity index (χ4v) is 5.93. The molecule has 1 aliphatic carbocycles. The molecule has 1 saturated heterocycles. The summed E-state index contributed by atoms with van der Waals surface area (Å²) in [6.45, 7) is 1.20. The third-order valence-corrected chi connectivity index (χ3v) is 8.41. The van der Waals surface area contributed by atoms with Gasteiger partial charge >= 0.3 is 0 Å². The summed E-state index contributed by atoms with van der Waals surface area (Å²) in [6.07, 6.45) is 4.71. The van der Waals surface area contributed by atoms with Crippen molar-refractivity contribution in [3.8, 4) is 0 Å². The van der Waals surface area contributed by atoms with E-state index in [0.717, 1.165) is 30.7 Å². The molecule has 30 heavy (non-hydrogen) atoms. The second-order valence-corrected chi connectivity index (χ2v) is 10.3. The predicted molar refractivity (Wildman–Crippen MR) is 115 cm³/mol. The zero-order chi connectivity index (χ0) is 21.3. The van der Waals surface area contributed by atoms with Crippen LogP contribution < -0.4 is 5.32 Å². The number of rotatable bonds is 6. The Morgan fingerprint density at radius 1 is 1.27 bits per heavy atom. The van der Waals surface area contributed by atoms with Crippen molar-refractivity contribution in [2.24, 2.45) is 13.0 Å². The lowest BCUT2D eigenvalue weighted by atomic mass is 9.97. The highest BCUT2D eigenvalue weighted by Crippen LogP contribution is 2.28. The van der Waals surface area contributed by atoms with Gasteiger partial charge in [0.1, 0.15) is 5.82 Å². The van der Waals surface area contributed by atoms with Crippen LogP contribution in [0.4, 0.5) is 0 Å². The van der Waals surface area contributed by atoms with Gasteiger partial charge in [0.15, 0.2) is 4.77 Å². The monoisotopic (exact) mass is 449 g/mol. The van der Waals surface area contributed by atoms with Crippen molar-refractivity contribution in [2.45, 2.75) is 43.4 Å². The molecule has 0 atom stereocenters. The third-order valence-electron chi connectivity index (χ3n) is 6.15. The number of hydrogen-bond donors (Lipinski definition) is 2. The molecule has 1 fully saturated rings. The minimum atomic E-state index is -3.51. The Labute approximate surface area is 181 Å². The van der Waals surface area contributed by atoms with E-state index in [-0.39, 0.29) is 11.8 Å². The molecule has 0 unspecified atom stereocenters. The summed E-state index contributed by atoms with van der Waals surface area (Å²) in [6, 6.07) is 5.50. The molecular formula is C20H27N5O3S2. The van der Waals surface area contributed by atoms with E-state index in [1.807, 2.05) is 19.2 Å². The van der Waals surface area contributed by atoms with Gasteiger partial charge in [0.25, 0.3) is 0 Å². The Hall–Kier alpha value is -2.04. The van der Waals surface area contributed by atoms with Crippen LogP contribution in [0.25, 0.3) is 0 Å². The lowest BCUT2D eigenvalue weighted by Crippen LogP contribution is -2.43. The molecule has 2 aliphatic rings. The average Bonchev–Trinajstić information content (AvgIpc) is 3.35. The van der Waals surface area contributed by atoms with Crippen LogP contribution in [0.2, 0.25) is 0 Å². The van der Waals surface area contributed by atoms with Crippen LogP contribution in [0.1, 0.15) is 36.2 Å². The van der Waals surface area contributed by atoms with E-state index in [0.29, 0.717) is 48.6 Å². The molecule has 0 radical (unpaired) electrons. The van der Waals surface area contributed by atoms with E-state index in [2.05, 4.69) is 15.5 Å². The summed E-state index contributed by atoms with van der Waals surface area (Å²) in [5.74, 6) is 0.593. The van der Waals surface area contributed by atoms with Crippen LogP contribution in [-0.4, -0.2) is 53.0 Å². The van der Waals surface area contributed by atoms with E-state index in [1.54, 1.807) is 10.6 Å². The number of nitrogens with zero attached hydrogens (tertiary/aromatic N) is 3. The van der Waals surface area contributed by atoms with E-state index in [1.165, 1.54) is 9.87 Å². The van der Waals surface area contributed by atoms with Crippen molar-refractivity contribution >= 4 is 28.1 Å². The summed E-state index contributed by atoms with van der Waals surface area (Å²) >= 11 is 5.08. The van der Waals surface area contributed by atoms with Gasteiger partial charge in [-0.3, -0.25) is 9.89 Å². The average molecular weight is 450 g/mol. The molecule has 2 aromatic rings. The standard InChI is InChI=1S/C20H27N5O3S2/c1-24-18(22-23-20(24)29)7-10-21-19(26)15-8-11-25(12-9-15)30(27,28)17-6-5-14-3-2-4-16(14)13-17/h5-6,13,15H,2-4,7-12H2,1H3,(H,21,26)(H,23,29). The topological polar surface area (TPSA) is 100 Å². The Morgan fingerprint density at radius 3 is 2.70 bits per heavy atom. The maximum absolute atomic E-state index is 13.0. The highest BCUT2D eigenvalue weighted by atomic mass is 32.2. The van der Waals surface area contributed by atoms with Gasteiger partial charge in [-0.25, -0.2) is 8.42 Å². The number of hydrogen-bond acceptors (Lipinski definition) is 5. The van der Waals surface area contributed by atoms with Gasteiger partial charge in [0, 0.05) is 39.0 Å². The zero-order valence-corrected chi connectivity index (χ0v) is 18.7. The molecule has 1 aliphatic heterocycles. The summed E-state index contributed by atoms with van der Waals surface area (Å²) in [5, 5.41) is 9.80. The Balaban J connectivity index is 1.30. The molecule has 1 aromatic heterocycles. The second kappa shape index (κ2) is 8.60. The van der Waals surface area contributed by atoms with Gasteiger partial charge in [0.2, 0.25) is 15.9 Å². The van der Waals surface area contributed by atoms with Gasteiger partial charge in [-0.1, -0.05) is 6.07 Å². The first-order chi connectivity index (χ1) is 14.4. The number of aryl methyl sites for hydroxylation is 2. The molecule has 0 saturated carbocycles. The molecule has 1 aromatic carbocycles. The SMILES string of the molecule is Cn1c(CCNC(=O)C2CCN(S(=O)(=O)c3ccc4c(c3)CCC4)CC2)n[nH]c1=S. The number of fused-ring (bicyclic) bond motifs is 1. The molecule has 0 bridgehead atoms. The molecule has 0 spiro atoms. The first-order valence-corrected chi connectivity index (χ1v) is 12.2. The van der Waals surface area contributed by atoms with Crippen molar-refractivity contribution in [3.63, 3.8) is 0 Å². The fraction of sp³-hybridized carbons (Fsp3) is 0.550. The number of carbonyl (C=O) groups excluding carboxylic acids is 1. The Kier molecular flexibility index (Phi) is 6.08. The number of nitrogens with one attached hydrogen (secondary N) is 2. The minimum absolute atomic E-state index is 0.0265. The van der Waals surface area contributed by atoms with Crippen molar-refractivity contribution in [1.82, 2.24) is 24.4 Å². The molecule has 4 rings (SSSR count). The van der Waals surface area contributed by atoms with Crippen LogP contribution in [0.15, 0.2) is 23.1 Å². The van der Waals surface area contributed by atoms with Crippen LogP contribution in [-0.2, 0) is 41.1 Å². The number of carbonyl (C=O) groups is 1. The largest absolute Gasteiger partial charge is 0.355 e. The predicted octanol–water partition coefficient (Wildman–Crippen LogP) is 1.73. The van der Waals surface area contributed by atoms with E-state index >= 15 is 0 Å². The number of sulfonamides is 1. The first-order valence-electron chi connectivity index (χ1n) is 10.4. The lowest BCUT2D eigenvalue weighted by Gasteiger charge is -2.30. The van der Waals surface area contributed by atoms with E-state index in [9.17, 15) is 13.2 Å². The molecule has 10 heteroatoms. The van der Waals surface area contributed by atoms with Crippen molar-refractivity contribution in [3.05, 3.63) is 39.9 Å². The summed E-state index contributed by atoms with van der Waals surface area (Å²) < 4.78 is 29.9. The molecule has 162 valence electrons. The normalized spacial score (nSPS) is 17.8. The third kappa shape index (κ3) is 4.21. The van der Waals surface area contributed by atoms with Gasteiger partial charge in [-0.2, -0.15) is 9.40 Å². The smallest absolute Gasteiger partial charge is 0.243 e. The number of benzene rings is 1.